The van der Waals surface area contributed by atoms with E-state index < -0.39 is 0 Å². The highest BCUT2D eigenvalue weighted by molar-refractivity contribution is 7.11. The summed E-state index contributed by atoms with van der Waals surface area (Å²) >= 11 is 1.79. The molecule has 1 rings (SSSR count). The van der Waals surface area contributed by atoms with Crippen LogP contribution in [0, 0.1) is 6.92 Å². The first-order valence-electron chi connectivity index (χ1n) is 5.53. The van der Waals surface area contributed by atoms with Crippen LogP contribution in [0.5, 0.6) is 0 Å². The maximum Gasteiger partial charge on any atom is 0.233 e. The third kappa shape index (κ3) is 3.94. The second-order valence-corrected chi connectivity index (χ2v) is 5.56. The molecular weight excluding hydrogens is 220 g/mol. The Labute approximate surface area is 101 Å². The normalized spacial score (nSPS) is 11.1. The Kier molecular flexibility index (Phi) is 4.96. The summed E-state index contributed by atoms with van der Waals surface area (Å²) in [5, 5.41) is 2.66. The van der Waals surface area contributed by atoms with Crippen molar-refractivity contribution in [1.29, 1.82) is 0 Å². The van der Waals surface area contributed by atoms with Crippen molar-refractivity contribution in [2.75, 3.05) is 13.6 Å². The van der Waals surface area contributed by atoms with Crippen LogP contribution in [0.2, 0.25) is 0 Å². The van der Waals surface area contributed by atoms with E-state index in [4.69, 9.17) is 0 Å². The van der Waals surface area contributed by atoms with Gasteiger partial charge in [-0.1, -0.05) is 0 Å². The Hall–Kier alpha value is -0.870. The van der Waals surface area contributed by atoms with Gasteiger partial charge in [0.2, 0.25) is 5.91 Å². The quantitative estimate of drug-likeness (QED) is 0.854. The third-order valence-corrected chi connectivity index (χ3v) is 3.50. The van der Waals surface area contributed by atoms with Crippen molar-refractivity contribution < 1.29 is 4.79 Å². The monoisotopic (exact) mass is 240 g/mol. The predicted octanol–water partition coefficient (Wildman–Crippen LogP) is 2.01. The van der Waals surface area contributed by atoms with Crippen LogP contribution < -0.4 is 5.32 Å². The molecule has 0 saturated carbocycles. The van der Waals surface area contributed by atoms with Crippen molar-refractivity contribution in [3.05, 3.63) is 21.9 Å². The van der Waals surface area contributed by atoms with E-state index in [2.05, 4.69) is 43.1 Å². The summed E-state index contributed by atoms with van der Waals surface area (Å²) in [7, 11) is 1.68. The Morgan fingerprint density at radius 3 is 2.62 bits per heavy atom. The molecule has 0 unspecified atom stereocenters. The fraction of sp³-hybridized carbons (Fsp3) is 0.583. The minimum Gasteiger partial charge on any atom is -0.358 e. The molecule has 0 aromatic carbocycles. The van der Waals surface area contributed by atoms with Crippen LogP contribution in [0.3, 0.4) is 0 Å². The summed E-state index contributed by atoms with van der Waals surface area (Å²) in [5.74, 6) is 0.0713. The minimum atomic E-state index is 0.0713. The molecule has 0 fully saturated rings. The Morgan fingerprint density at radius 2 is 2.19 bits per heavy atom. The predicted molar refractivity (Wildman–Crippen MR) is 68.7 cm³/mol. The molecule has 0 aliphatic carbocycles. The van der Waals surface area contributed by atoms with Crippen LogP contribution in [-0.4, -0.2) is 30.4 Å². The van der Waals surface area contributed by atoms with Gasteiger partial charge >= 0.3 is 0 Å². The molecule has 1 heterocycles. The number of rotatable bonds is 5. The molecule has 0 radical (unpaired) electrons. The van der Waals surface area contributed by atoms with E-state index in [1.54, 1.807) is 18.4 Å². The molecule has 0 atom stereocenters. The van der Waals surface area contributed by atoms with Crippen molar-refractivity contribution in [3.8, 4) is 0 Å². The second-order valence-electron chi connectivity index (χ2n) is 4.18. The Balaban J connectivity index is 2.61. The van der Waals surface area contributed by atoms with E-state index in [0.717, 1.165) is 6.54 Å². The van der Waals surface area contributed by atoms with Crippen LogP contribution in [0.25, 0.3) is 0 Å². The first kappa shape index (κ1) is 13.2. The van der Waals surface area contributed by atoms with E-state index in [-0.39, 0.29) is 5.91 Å². The lowest BCUT2D eigenvalue weighted by molar-refractivity contribution is -0.122. The van der Waals surface area contributed by atoms with E-state index in [1.165, 1.54) is 9.75 Å². The largest absolute Gasteiger partial charge is 0.358 e. The molecule has 1 aromatic heterocycles. The third-order valence-electron chi connectivity index (χ3n) is 2.51. The second kappa shape index (κ2) is 6.01. The van der Waals surface area contributed by atoms with Gasteiger partial charge in [0.05, 0.1) is 6.54 Å². The zero-order chi connectivity index (χ0) is 12.1. The fourth-order valence-electron chi connectivity index (χ4n) is 1.45. The van der Waals surface area contributed by atoms with Crippen LogP contribution in [0.15, 0.2) is 12.1 Å². The smallest absolute Gasteiger partial charge is 0.233 e. The summed E-state index contributed by atoms with van der Waals surface area (Å²) < 4.78 is 0. The number of carbonyl (C=O) groups excluding carboxylic acids is 1. The van der Waals surface area contributed by atoms with Gasteiger partial charge in [0, 0.05) is 29.4 Å². The molecule has 1 aromatic rings. The van der Waals surface area contributed by atoms with Gasteiger partial charge < -0.3 is 5.32 Å². The maximum absolute atomic E-state index is 11.4. The van der Waals surface area contributed by atoms with E-state index in [1.807, 2.05) is 0 Å². The Morgan fingerprint density at radius 1 is 1.50 bits per heavy atom. The number of amides is 1. The van der Waals surface area contributed by atoms with Crippen molar-refractivity contribution >= 4 is 17.2 Å². The lowest BCUT2D eigenvalue weighted by Gasteiger charge is -2.24. The summed E-state index contributed by atoms with van der Waals surface area (Å²) in [6.07, 6.45) is 0. The summed E-state index contributed by atoms with van der Waals surface area (Å²) in [6.45, 7) is 7.65. The van der Waals surface area contributed by atoms with E-state index >= 15 is 0 Å². The van der Waals surface area contributed by atoms with Gasteiger partial charge in [-0.05, 0) is 32.9 Å². The highest BCUT2D eigenvalue weighted by atomic mass is 32.1. The molecule has 3 nitrogen and oxygen atoms in total. The fourth-order valence-corrected chi connectivity index (χ4v) is 2.37. The molecule has 0 aliphatic rings. The van der Waals surface area contributed by atoms with Crippen LogP contribution >= 0.6 is 11.3 Å². The Bertz CT molecular complexity index is 347. The zero-order valence-corrected chi connectivity index (χ0v) is 11.2. The topological polar surface area (TPSA) is 32.3 Å². The molecule has 90 valence electrons. The summed E-state index contributed by atoms with van der Waals surface area (Å²) in [5.41, 5.74) is 0. The average Bonchev–Trinajstić information content (AvgIpc) is 2.62. The van der Waals surface area contributed by atoms with Gasteiger partial charge in [0.1, 0.15) is 0 Å². The lowest BCUT2D eigenvalue weighted by atomic mass is 10.3. The first-order valence-corrected chi connectivity index (χ1v) is 6.34. The molecule has 1 amide bonds. The minimum absolute atomic E-state index is 0.0713. The van der Waals surface area contributed by atoms with Crippen LogP contribution in [0.1, 0.15) is 23.6 Å². The summed E-state index contributed by atoms with van der Waals surface area (Å²) in [6, 6.07) is 4.64. The highest BCUT2D eigenvalue weighted by Gasteiger charge is 2.14. The molecule has 4 heteroatoms. The zero-order valence-electron chi connectivity index (χ0n) is 10.4. The van der Waals surface area contributed by atoms with Crippen LogP contribution in [-0.2, 0) is 11.3 Å². The van der Waals surface area contributed by atoms with Crippen molar-refractivity contribution in [1.82, 2.24) is 10.2 Å². The standard InChI is InChI=1S/C12H20N2OS/c1-9(2)14(8-12(15)13-4)7-11-6-5-10(3)16-11/h5-6,9H,7-8H2,1-4H3,(H,13,15). The number of aryl methyl sites for hydroxylation is 1. The SMILES string of the molecule is CNC(=O)CN(Cc1ccc(C)s1)C(C)C. The van der Waals surface area contributed by atoms with Gasteiger partial charge in [-0.3, -0.25) is 9.69 Å². The van der Waals surface area contributed by atoms with Crippen molar-refractivity contribution in [2.24, 2.45) is 0 Å². The first-order chi connectivity index (χ1) is 7.52. The van der Waals surface area contributed by atoms with Crippen molar-refractivity contribution in [2.45, 2.75) is 33.4 Å². The maximum atomic E-state index is 11.4. The van der Waals surface area contributed by atoms with Crippen molar-refractivity contribution in [3.63, 3.8) is 0 Å². The van der Waals surface area contributed by atoms with Gasteiger partial charge in [0.15, 0.2) is 0 Å². The van der Waals surface area contributed by atoms with Gasteiger partial charge in [-0.2, -0.15) is 0 Å². The van der Waals surface area contributed by atoms with E-state index in [0.29, 0.717) is 12.6 Å². The molecule has 0 saturated heterocycles. The van der Waals surface area contributed by atoms with Crippen LogP contribution in [0.4, 0.5) is 0 Å². The molecular formula is C12H20N2OS. The molecule has 1 N–H and O–H groups in total. The number of carbonyl (C=O) groups is 1. The number of likely N-dealkylation sites (N-methyl/N-ethyl adjacent to an activating group) is 1. The highest BCUT2D eigenvalue weighted by Crippen LogP contribution is 2.18. The number of thiophene rings is 1. The van der Waals surface area contributed by atoms with Gasteiger partial charge in [0.25, 0.3) is 0 Å². The summed E-state index contributed by atoms with van der Waals surface area (Å²) in [4.78, 5) is 16.2. The number of nitrogens with zero attached hydrogens (tertiary/aromatic N) is 1. The van der Waals surface area contributed by atoms with Gasteiger partial charge in [-0.15, -0.1) is 11.3 Å². The number of hydrogen-bond donors (Lipinski definition) is 1. The molecule has 0 aliphatic heterocycles. The number of nitrogens with one attached hydrogen (secondary N) is 1. The molecule has 0 spiro atoms. The molecule has 16 heavy (non-hydrogen) atoms. The number of hydrogen-bond acceptors (Lipinski definition) is 3. The molecule has 0 bridgehead atoms. The van der Waals surface area contributed by atoms with E-state index in [9.17, 15) is 4.79 Å². The van der Waals surface area contributed by atoms with Gasteiger partial charge in [-0.25, -0.2) is 0 Å². The lowest BCUT2D eigenvalue weighted by Crippen LogP contribution is -2.39. The average molecular weight is 240 g/mol.